The second-order valence-corrected chi connectivity index (χ2v) is 14.7. The highest BCUT2D eigenvalue weighted by Gasteiger charge is 2.21. The molecule has 0 saturated heterocycles. The highest BCUT2D eigenvalue weighted by atomic mass is 16.3. The molecule has 0 spiro atoms. The van der Waals surface area contributed by atoms with Crippen molar-refractivity contribution >= 4 is 56.0 Å². The molecule has 0 saturated carbocycles. The first-order valence-electron chi connectivity index (χ1n) is 20.0. The highest BCUT2D eigenvalue weighted by Crippen LogP contribution is 2.40. The van der Waals surface area contributed by atoms with Crippen molar-refractivity contribution in [3.8, 4) is 57.0 Å². The summed E-state index contributed by atoms with van der Waals surface area (Å²) in [5.74, 6) is 2.30. The van der Waals surface area contributed by atoms with Crippen molar-refractivity contribution in [3.05, 3.63) is 194 Å². The second kappa shape index (κ2) is 14.3. The maximum Gasteiger partial charge on any atom is 0.227 e. The van der Waals surface area contributed by atoms with Crippen LogP contribution in [0.1, 0.15) is 18.2 Å². The van der Waals surface area contributed by atoms with Gasteiger partial charge in [-0.3, -0.25) is 0 Å². The first-order chi connectivity index (χ1) is 29.6. The van der Waals surface area contributed by atoms with Gasteiger partial charge < -0.3 is 13.6 Å². The second-order valence-electron chi connectivity index (χ2n) is 14.7. The topological polar surface area (TPSA) is 74.6 Å². The molecule has 11 aromatic rings. The van der Waals surface area contributed by atoms with Crippen molar-refractivity contribution in [1.29, 1.82) is 0 Å². The largest absolute Gasteiger partial charge is 0.436 e. The van der Waals surface area contributed by atoms with Crippen molar-refractivity contribution in [2.75, 3.05) is 0 Å². The van der Waals surface area contributed by atoms with Gasteiger partial charge in [-0.15, -0.1) is 0 Å². The SMILES string of the molecule is C=Cc1c(/C=C\C)c2cc3c4ccccc4n(-c4cccc(-c5nc6ccc(-c7nc(-c8ccccc8)nc(-c8ccccc8)n7)cc6o5)c4)c3cc2n1-c1ccccc1. The summed E-state index contributed by atoms with van der Waals surface area (Å²) in [7, 11) is 0. The lowest BCUT2D eigenvalue weighted by Crippen LogP contribution is -2.00. The number of hydrogen-bond donors (Lipinski definition) is 0. The number of para-hydroxylation sites is 2. The van der Waals surface area contributed by atoms with Gasteiger partial charge in [0.15, 0.2) is 23.1 Å². The van der Waals surface area contributed by atoms with Crippen LogP contribution in [0.15, 0.2) is 187 Å². The fourth-order valence-electron chi connectivity index (χ4n) is 8.37. The zero-order valence-corrected chi connectivity index (χ0v) is 32.7. The van der Waals surface area contributed by atoms with Crippen molar-refractivity contribution in [2.24, 2.45) is 0 Å². The van der Waals surface area contributed by atoms with Crippen LogP contribution < -0.4 is 0 Å². The predicted molar refractivity (Wildman–Crippen MR) is 245 cm³/mol. The molecule has 284 valence electrons. The minimum absolute atomic E-state index is 0.530. The molecule has 60 heavy (non-hydrogen) atoms. The molecule has 7 heteroatoms. The molecule has 0 bridgehead atoms. The van der Waals surface area contributed by atoms with Gasteiger partial charge in [-0.2, -0.15) is 0 Å². The van der Waals surface area contributed by atoms with E-state index < -0.39 is 0 Å². The minimum atomic E-state index is 0.530. The molecule has 0 N–H and O–H groups in total. The van der Waals surface area contributed by atoms with Crippen LogP contribution in [0, 0.1) is 0 Å². The highest BCUT2D eigenvalue weighted by molar-refractivity contribution is 6.15. The van der Waals surface area contributed by atoms with Gasteiger partial charge in [-0.05, 0) is 79.7 Å². The molecule has 4 aromatic heterocycles. The summed E-state index contributed by atoms with van der Waals surface area (Å²) in [4.78, 5) is 19.7. The molecule has 0 unspecified atom stereocenters. The van der Waals surface area contributed by atoms with Crippen molar-refractivity contribution < 1.29 is 4.42 Å². The molecular formula is C53H36N6O. The van der Waals surface area contributed by atoms with Gasteiger partial charge in [0.1, 0.15) is 5.52 Å². The van der Waals surface area contributed by atoms with Gasteiger partial charge in [0.2, 0.25) is 5.89 Å². The molecule has 0 radical (unpaired) electrons. The smallest absolute Gasteiger partial charge is 0.227 e. The van der Waals surface area contributed by atoms with Gasteiger partial charge in [-0.25, -0.2) is 19.9 Å². The molecule has 0 atom stereocenters. The van der Waals surface area contributed by atoms with Gasteiger partial charge in [0, 0.05) is 55.4 Å². The number of hydrogen-bond acceptors (Lipinski definition) is 5. The molecule has 4 heterocycles. The Labute approximate surface area is 345 Å². The summed E-state index contributed by atoms with van der Waals surface area (Å²) in [6.07, 6.45) is 6.24. The van der Waals surface area contributed by atoms with Gasteiger partial charge >= 0.3 is 0 Å². The van der Waals surface area contributed by atoms with Gasteiger partial charge in [0.25, 0.3) is 0 Å². The quantitative estimate of drug-likeness (QED) is 0.154. The van der Waals surface area contributed by atoms with Crippen LogP contribution in [0.5, 0.6) is 0 Å². The van der Waals surface area contributed by atoms with Crippen LogP contribution in [-0.4, -0.2) is 29.1 Å². The Morgan fingerprint density at radius 3 is 1.80 bits per heavy atom. The number of aromatic nitrogens is 6. The minimum Gasteiger partial charge on any atom is -0.436 e. The number of rotatable bonds is 8. The van der Waals surface area contributed by atoms with E-state index in [-0.39, 0.29) is 0 Å². The van der Waals surface area contributed by atoms with E-state index in [0.29, 0.717) is 28.9 Å². The molecule has 0 aliphatic heterocycles. The number of nitrogens with zero attached hydrogens (tertiary/aromatic N) is 6. The van der Waals surface area contributed by atoms with E-state index in [2.05, 4.69) is 114 Å². The van der Waals surface area contributed by atoms with Crippen molar-refractivity contribution in [2.45, 2.75) is 6.92 Å². The van der Waals surface area contributed by atoms with Crippen LogP contribution >= 0.6 is 0 Å². The maximum atomic E-state index is 6.56. The van der Waals surface area contributed by atoms with Crippen LogP contribution in [0.3, 0.4) is 0 Å². The molecule has 0 aliphatic rings. The summed E-state index contributed by atoms with van der Waals surface area (Å²) in [5.41, 5.74) is 12.5. The summed E-state index contributed by atoms with van der Waals surface area (Å²) in [5, 5.41) is 3.53. The summed E-state index contributed by atoms with van der Waals surface area (Å²) >= 11 is 0. The lowest BCUT2D eigenvalue weighted by molar-refractivity contribution is 0.620. The van der Waals surface area contributed by atoms with Gasteiger partial charge in [0.05, 0.1) is 22.2 Å². The number of allylic oxidation sites excluding steroid dienone is 1. The summed E-state index contributed by atoms with van der Waals surface area (Å²) in [6, 6.07) is 58.1. The Morgan fingerprint density at radius 1 is 0.483 bits per heavy atom. The molecule has 0 fully saturated rings. The molecule has 0 aliphatic carbocycles. The van der Waals surface area contributed by atoms with Gasteiger partial charge in [-0.1, -0.05) is 122 Å². The lowest BCUT2D eigenvalue weighted by atomic mass is 10.1. The van der Waals surface area contributed by atoms with Crippen LogP contribution in [0.25, 0.3) is 113 Å². The zero-order chi connectivity index (χ0) is 40.2. The van der Waals surface area contributed by atoms with Crippen LogP contribution in [-0.2, 0) is 0 Å². The van der Waals surface area contributed by atoms with E-state index in [9.17, 15) is 0 Å². The van der Waals surface area contributed by atoms with E-state index in [0.717, 1.165) is 67.0 Å². The van der Waals surface area contributed by atoms with E-state index in [1.165, 1.54) is 16.2 Å². The Morgan fingerprint density at radius 2 is 1.10 bits per heavy atom. The third-order valence-electron chi connectivity index (χ3n) is 11.1. The molecule has 7 nitrogen and oxygen atoms in total. The van der Waals surface area contributed by atoms with Crippen molar-refractivity contribution in [1.82, 2.24) is 29.1 Å². The predicted octanol–water partition coefficient (Wildman–Crippen LogP) is 13.4. The summed E-state index contributed by atoms with van der Waals surface area (Å²) < 4.78 is 11.2. The molecule has 11 rings (SSSR count). The first-order valence-corrected chi connectivity index (χ1v) is 20.0. The Bertz CT molecular complexity index is 3390. The number of oxazole rings is 1. The Hall–Kier alpha value is -8.16. The molecular weight excluding hydrogens is 737 g/mol. The molecule has 0 amide bonds. The third kappa shape index (κ3) is 5.83. The van der Waals surface area contributed by atoms with E-state index in [4.69, 9.17) is 24.4 Å². The standard InChI is InChI=1S/C53H36N6O/c1-3-17-40-42-32-43-41-26-14-15-27-46(41)59(48(43)33-47(42)58(45(40)4-2)38-23-12-7-13-24-38)39-25-16-22-37(30-39)53-54-44-29-28-36(31-49(44)60-53)52-56-50(34-18-8-5-9-19-34)55-51(57-52)35-20-10-6-11-21-35/h3-33H,2H2,1H3/b17-3-. The lowest BCUT2D eigenvalue weighted by Gasteiger charge is -2.11. The fraction of sp³-hybridized carbons (Fsp3) is 0.0189. The monoisotopic (exact) mass is 772 g/mol. The van der Waals surface area contributed by atoms with E-state index >= 15 is 0 Å². The maximum absolute atomic E-state index is 6.56. The van der Waals surface area contributed by atoms with E-state index in [1.54, 1.807) is 0 Å². The number of fused-ring (bicyclic) bond motifs is 5. The van der Waals surface area contributed by atoms with Crippen LogP contribution in [0.2, 0.25) is 0 Å². The van der Waals surface area contributed by atoms with E-state index in [1.807, 2.05) is 97.1 Å². The third-order valence-corrected chi connectivity index (χ3v) is 11.1. The molecule has 7 aromatic carbocycles. The van der Waals surface area contributed by atoms with Crippen molar-refractivity contribution in [3.63, 3.8) is 0 Å². The zero-order valence-electron chi connectivity index (χ0n) is 32.7. The summed E-state index contributed by atoms with van der Waals surface area (Å²) in [6.45, 7) is 6.31. The average molecular weight is 773 g/mol. The first kappa shape index (κ1) is 35.0. The average Bonchev–Trinajstić information content (AvgIpc) is 3.98. The normalized spacial score (nSPS) is 11.8. The number of benzene rings is 7. The Balaban J connectivity index is 1.04. The Kier molecular flexibility index (Phi) is 8.37. The van der Waals surface area contributed by atoms with Crippen LogP contribution in [0.4, 0.5) is 0 Å². The fourth-order valence-corrected chi connectivity index (χ4v) is 8.37.